The van der Waals surface area contributed by atoms with Gasteiger partial charge in [-0.05, 0) is 35.6 Å². The Morgan fingerprint density at radius 2 is 2.17 bits per heavy atom. The minimum absolute atomic E-state index is 0.0571. The third-order valence-corrected chi connectivity index (χ3v) is 3.73. The van der Waals surface area contributed by atoms with E-state index in [1.165, 1.54) is 0 Å². The number of ether oxygens (including phenoxy) is 1. The number of hydrogen-bond acceptors (Lipinski definition) is 3. The summed E-state index contributed by atoms with van der Waals surface area (Å²) in [6.45, 7) is 4.23. The van der Waals surface area contributed by atoms with Gasteiger partial charge in [0.1, 0.15) is 5.75 Å². The van der Waals surface area contributed by atoms with Crippen LogP contribution < -0.4 is 9.88 Å². The number of rotatable bonds is 5. The molecule has 1 aliphatic carbocycles. The summed E-state index contributed by atoms with van der Waals surface area (Å²) in [5, 5.41) is 5.58. The normalized spacial score (nSPS) is 21.1. The van der Waals surface area contributed by atoms with Crippen LogP contribution in [-0.2, 0) is 0 Å². The van der Waals surface area contributed by atoms with Gasteiger partial charge < -0.3 is 4.74 Å². The molecule has 2 N–H and O–H groups in total. The Bertz CT molecular complexity index is 437. The van der Waals surface area contributed by atoms with Gasteiger partial charge in [0, 0.05) is 6.42 Å². The molecule has 0 radical (unpaired) electrons. The first-order chi connectivity index (χ1) is 8.44. The highest BCUT2D eigenvalue weighted by Gasteiger charge is 2.57. The van der Waals surface area contributed by atoms with Crippen molar-refractivity contribution in [3.05, 3.63) is 23.8 Å². The maximum absolute atomic E-state index is 12.7. The summed E-state index contributed by atoms with van der Waals surface area (Å²) in [6, 6.07) is 5.71. The second-order valence-electron chi connectivity index (χ2n) is 4.95. The molecule has 0 saturated heterocycles. The number of alkyl halides is 2. The predicted octanol–water partition coefficient (Wildman–Crippen LogP) is 3.81. The van der Waals surface area contributed by atoms with Crippen molar-refractivity contribution in [1.82, 2.24) is 0 Å². The van der Waals surface area contributed by atoms with Crippen molar-refractivity contribution in [1.29, 1.82) is 0 Å². The quantitative estimate of drug-likeness (QED) is 0.829. The van der Waals surface area contributed by atoms with Crippen LogP contribution in [0.2, 0.25) is 0 Å². The van der Waals surface area contributed by atoms with E-state index >= 15 is 0 Å². The average Bonchev–Trinajstić information content (AvgIpc) is 2.94. The molecule has 100 valence electrons. The van der Waals surface area contributed by atoms with Crippen LogP contribution in [0, 0.1) is 5.92 Å². The molecule has 0 aliphatic heterocycles. The van der Waals surface area contributed by atoms with Crippen molar-refractivity contribution in [2.45, 2.75) is 37.0 Å². The van der Waals surface area contributed by atoms with E-state index in [9.17, 15) is 8.78 Å². The highest BCUT2D eigenvalue weighted by atomic mass is 32.2. The molecule has 1 fully saturated rings. The fourth-order valence-electron chi connectivity index (χ4n) is 1.74. The lowest BCUT2D eigenvalue weighted by Crippen LogP contribution is -2.06. The topological polar surface area (TPSA) is 35.2 Å². The fraction of sp³-hybridized carbons (Fsp3) is 0.538. The van der Waals surface area contributed by atoms with Crippen LogP contribution in [0.4, 0.5) is 8.78 Å². The zero-order valence-corrected chi connectivity index (χ0v) is 11.3. The molecule has 1 unspecified atom stereocenters. The zero-order chi connectivity index (χ0) is 13.3. The molecule has 0 bridgehead atoms. The SMILES string of the molecule is CC(C)c1ccc(OCC2CC2(F)F)c(SN)c1. The molecule has 0 spiro atoms. The number of benzene rings is 1. The molecular formula is C13H17F2NOS. The predicted molar refractivity (Wildman–Crippen MR) is 69.1 cm³/mol. The first-order valence-corrected chi connectivity index (χ1v) is 6.83. The van der Waals surface area contributed by atoms with E-state index in [-0.39, 0.29) is 13.0 Å². The van der Waals surface area contributed by atoms with Gasteiger partial charge in [-0.1, -0.05) is 19.9 Å². The Balaban J connectivity index is 2.03. The molecule has 1 aromatic carbocycles. The van der Waals surface area contributed by atoms with E-state index in [0.29, 0.717) is 11.7 Å². The van der Waals surface area contributed by atoms with Gasteiger partial charge in [-0.2, -0.15) is 0 Å². The molecule has 0 heterocycles. The van der Waals surface area contributed by atoms with Gasteiger partial charge in [0.2, 0.25) is 0 Å². The van der Waals surface area contributed by atoms with Crippen molar-refractivity contribution >= 4 is 11.9 Å². The van der Waals surface area contributed by atoms with Crippen LogP contribution in [0.3, 0.4) is 0 Å². The van der Waals surface area contributed by atoms with E-state index in [1.54, 1.807) is 0 Å². The third kappa shape index (κ3) is 2.95. The molecule has 18 heavy (non-hydrogen) atoms. The Morgan fingerprint density at radius 3 is 2.67 bits per heavy atom. The zero-order valence-electron chi connectivity index (χ0n) is 10.5. The van der Waals surface area contributed by atoms with Crippen LogP contribution in [0.1, 0.15) is 31.7 Å². The highest BCUT2D eigenvalue weighted by Crippen LogP contribution is 2.48. The van der Waals surface area contributed by atoms with Crippen LogP contribution in [0.15, 0.2) is 23.1 Å². The molecular weight excluding hydrogens is 256 g/mol. The molecule has 2 nitrogen and oxygen atoms in total. The molecule has 2 rings (SSSR count). The lowest BCUT2D eigenvalue weighted by Gasteiger charge is -2.12. The van der Waals surface area contributed by atoms with Crippen molar-refractivity contribution < 1.29 is 13.5 Å². The van der Waals surface area contributed by atoms with Crippen LogP contribution >= 0.6 is 11.9 Å². The van der Waals surface area contributed by atoms with E-state index in [4.69, 9.17) is 9.88 Å². The summed E-state index contributed by atoms with van der Waals surface area (Å²) in [5.74, 6) is -2.18. The minimum Gasteiger partial charge on any atom is -0.492 e. The van der Waals surface area contributed by atoms with Gasteiger partial charge >= 0.3 is 0 Å². The fourth-order valence-corrected chi connectivity index (χ4v) is 2.18. The molecule has 1 aliphatic rings. The summed E-state index contributed by atoms with van der Waals surface area (Å²) in [6.07, 6.45) is -0.0673. The Labute approximate surface area is 110 Å². The van der Waals surface area contributed by atoms with Gasteiger partial charge in [-0.3, -0.25) is 5.14 Å². The van der Waals surface area contributed by atoms with E-state index < -0.39 is 11.8 Å². The molecule has 0 aromatic heterocycles. The average molecular weight is 273 g/mol. The summed E-state index contributed by atoms with van der Waals surface area (Å²) in [7, 11) is 0. The van der Waals surface area contributed by atoms with E-state index in [2.05, 4.69) is 13.8 Å². The van der Waals surface area contributed by atoms with Crippen LogP contribution in [-0.4, -0.2) is 12.5 Å². The molecule has 1 atom stereocenters. The van der Waals surface area contributed by atoms with Crippen LogP contribution in [0.25, 0.3) is 0 Å². The second-order valence-corrected chi connectivity index (χ2v) is 5.63. The molecule has 0 amide bonds. The monoisotopic (exact) mass is 273 g/mol. The molecule has 1 saturated carbocycles. The summed E-state index contributed by atoms with van der Waals surface area (Å²) >= 11 is 1.09. The maximum Gasteiger partial charge on any atom is 0.255 e. The van der Waals surface area contributed by atoms with Gasteiger partial charge in [0.15, 0.2) is 0 Å². The molecule has 1 aromatic rings. The van der Waals surface area contributed by atoms with E-state index in [0.717, 1.165) is 22.4 Å². The van der Waals surface area contributed by atoms with Gasteiger partial charge in [0.05, 0.1) is 17.4 Å². The van der Waals surface area contributed by atoms with Gasteiger partial charge in [-0.15, -0.1) is 0 Å². The summed E-state index contributed by atoms with van der Waals surface area (Å²) in [5.41, 5.74) is 1.16. The summed E-state index contributed by atoms with van der Waals surface area (Å²) < 4.78 is 30.9. The smallest absolute Gasteiger partial charge is 0.255 e. The Morgan fingerprint density at radius 1 is 1.50 bits per heavy atom. The first kappa shape index (κ1) is 13.6. The lowest BCUT2D eigenvalue weighted by atomic mass is 10.0. The lowest BCUT2D eigenvalue weighted by molar-refractivity contribution is 0.0852. The number of hydrogen-bond donors (Lipinski definition) is 1. The van der Waals surface area contributed by atoms with Crippen molar-refractivity contribution in [3.8, 4) is 5.75 Å². The van der Waals surface area contributed by atoms with Gasteiger partial charge in [-0.25, -0.2) is 8.78 Å². The molecule has 5 heteroatoms. The highest BCUT2D eigenvalue weighted by molar-refractivity contribution is 7.97. The standard InChI is InChI=1S/C13H17F2NOS/c1-8(2)9-3-4-11(12(5-9)18-16)17-7-10-6-13(10,14)15/h3-5,8,10H,6-7,16H2,1-2H3. The summed E-state index contributed by atoms with van der Waals surface area (Å²) in [4.78, 5) is 0.796. The van der Waals surface area contributed by atoms with Crippen molar-refractivity contribution in [2.24, 2.45) is 11.1 Å². The minimum atomic E-state index is -2.53. The van der Waals surface area contributed by atoms with E-state index in [1.807, 2.05) is 18.2 Å². The maximum atomic E-state index is 12.7. The van der Waals surface area contributed by atoms with Gasteiger partial charge in [0.25, 0.3) is 5.92 Å². The third-order valence-electron chi connectivity index (χ3n) is 3.16. The van der Waals surface area contributed by atoms with Crippen molar-refractivity contribution in [3.63, 3.8) is 0 Å². The Hall–Kier alpha value is -0.810. The number of nitrogens with two attached hydrogens (primary N) is 1. The first-order valence-electron chi connectivity index (χ1n) is 5.95. The van der Waals surface area contributed by atoms with Crippen molar-refractivity contribution in [2.75, 3.05) is 6.61 Å². The second kappa shape index (κ2) is 5.05. The Kier molecular flexibility index (Phi) is 3.82. The van der Waals surface area contributed by atoms with Crippen LogP contribution in [0.5, 0.6) is 5.75 Å². The largest absolute Gasteiger partial charge is 0.492 e. The number of halogens is 2.